The summed E-state index contributed by atoms with van der Waals surface area (Å²) in [5, 5.41) is 20.0. The zero-order valence-electron chi connectivity index (χ0n) is 9.10. The average Bonchev–Trinajstić information content (AvgIpc) is 1.79. The van der Waals surface area contributed by atoms with Gasteiger partial charge in [-0.1, -0.05) is 13.8 Å². The normalized spacial score (nSPS) is 10.7. The Kier molecular flexibility index (Phi) is 14.6. The second-order valence-electron chi connectivity index (χ2n) is 2.73. The molecule has 15 heavy (non-hydrogen) atoms. The van der Waals surface area contributed by atoms with Crippen molar-refractivity contribution in [2.75, 3.05) is 0 Å². The second-order valence-corrected chi connectivity index (χ2v) is 2.73. The van der Waals surface area contributed by atoms with Gasteiger partial charge in [0.05, 0.1) is 0 Å². The summed E-state index contributed by atoms with van der Waals surface area (Å²) in [6.45, 7) is 5.39. The summed E-state index contributed by atoms with van der Waals surface area (Å²) in [6.07, 6.45) is 2.11. The van der Waals surface area contributed by atoms with Crippen LogP contribution in [0.4, 0.5) is 0 Å². The summed E-state index contributed by atoms with van der Waals surface area (Å²) < 4.78 is 0. The molecule has 0 heterocycles. The van der Waals surface area contributed by atoms with Crippen LogP contribution in [0.1, 0.15) is 27.7 Å². The number of carbonyl (C=O) groups excluding carboxylic acids is 2. The van der Waals surface area contributed by atoms with E-state index < -0.39 is 0 Å². The van der Waals surface area contributed by atoms with Gasteiger partial charge in [0.1, 0.15) is 0 Å². The zero-order chi connectivity index (χ0) is 11.7. The number of allylic oxidation sites excluding steroid dienone is 4. The predicted octanol–water partition coefficient (Wildman–Crippen LogP) is -0.324. The third kappa shape index (κ3) is 32.0. The predicted molar refractivity (Wildman–Crippen MR) is 48.9 cm³/mol. The van der Waals surface area contributed by atoms with Crippen molar-refractivity contribution in [1.29, 1.82) is 0 Å². The van der Waals surface area contributed by atoms with E-state index in [0.717, 1.165) is 12.2 Å². The summed E-state index contributed by atoms with van der Waals surface area (Å²) in [4.78, 5) is 20.0. The third-order valence-corrected chi connectivity index (χ3v) is 0.813. The quantitative estimate of drug-likeness (QED) is 0.398. The SMILES string of the molecule is CC(=O)/C=C(\C)[O-].CC(=O)/C=C(\C)[O-].[Pd+2]. The van der Waals surface area contributed by atoms with Crippen LogP contribution in [0.5, 0.6) is 0 Å². The van der Waals surface area contributed by atoms with Gasteiger partial charge in [0.15, 0.2) is 11.6 Å². The van der Waals surface area contributed by atoms with Gasteiger partial charge in [-0.15, -0.1) is 11.5 Å². The molecule has 0 aromatic rings. The van der Waals surface area contributed by atoms with Crippen LogP contribution in [0.15, 0.2) is 23.7 Å². The van der Waals surface area contributed by atoms with Crippen molar-refractivity contribution in [2.45, 2.75) is 27.7 Å². The first-order valence-electron chi connectivity index (χ1n) is 3.97. The summed E-state index contributed by atoms with van der Waals surface area (Å²) in [5.74, 6) is -0.750. The molecular formula is C10H14O4Pd. The molecule has 0 spiro atoms. The Morgan fingerprint density at radius 1 is 0.800 bits per heavy atom. The molecule has 0 aliphatic rings. The maximum atomic E-state index is 9.98. The van der Waals surface area contributed by atoms with Crippen molar-refractivity contribution in [3.63, 3.8) is 0 Å². The first-order chi connectivity index (χ1) is 6.25. The summed E-state index contributed by atoms with van der Waals surface area (Å²) in [6, 6.07) is 0. The van der Waals surface area contributed by atoms with Gasteiger partial charge in [0.25, 0.3) is 0 Å². The largest absolute Gasteiger partial charge is 2.00 e. The van der Waals surface area contributed by atoms with E-state index in [-0.39, 0.29) is 43.5 Å². The first kappa shape index (κ1) is 19.6. The topological polar surface area (TPSA) is 80.3 Å². The minimum atomic E-state index is -0.187. The van der Waals surface area contributed by atoms with Crippen LogP contribution in [0.25, 0.3) is 0 Å². The van der Waals surface area contributed by atoms with Crippen LogP contribution in [-0.2, 0) is 30.0 Å². The van der Waals surface area contributed by atoms with Gasteiger partial charge in [0.2, 0.25) is 0 Å². The van der Waals surface area contributed by atoms with Crippen molar-refractivity contribution >= 4 is 11.6 Å². The van der Waals surface area contributed by atoms with E-state index in [1.54, 1.807) is 0 Å². The smallest absolute Gasteiger partial charge is 0.876 e. The molecular weight excluding hydrogens is 291 g/mol. The Hall–Kier alpha value is -0.918. The molecule has 88 valence electrons. The van der Waals surface area contributed by atoms with Crippen LogP contribution >= 0.6 is 0 Å². The monoisotopic (exact) mass is 304 g/mol. The Balaban J connectivity index is -0.000000180. The molecule has 0 amide bonds. The van der Waals surface area contributed by atoms with Gasteiger partial charge in [-0.3, -0.25) is 9.59 Å². The minimum absolute atomic E-state index is 0. The fraction of sp³-hybridized carbons (Fsp3) is 0.400. The van der Waals surface area contributed by atoms with Gasteiger partial charge in [0, 0.05) is 0 Å². The summed E-state index contributed by atoms with van der Waals surface area (Å²) in [7, 11) is 0. The molecule has 0 aliphatic carbocycles. The molecule has 0 bridgehead atoms. The van der Waals surface area contributed by atoms with Crippen LogP contribution in [0.2, 0.25) is 0 Å². The van der Waals surface area contributed by atoms with E-state index in [2.05, 4.69) is 0 Å². The molecule has 0 rings (SSSR count). The maximum absolute atomic E-state index is 9.98. The molecule has 5 heteroatoms. The molecule has 0 atom stereocenters. The van der Waals surface area contributed by atoms with Crippen LogP contribution < -0.4 is 10.2 Å². The molecule has 0 aromatic heterocycles. The Morgan fingerprint density at radius 3 is 1.00 bits per heavy atom. The fourth-order valence-electron chi connectivity index (χ4n) is 0.572. The summed E-state index contributed by atoms with van der Waals surface area (Å²) in [5.41, 5.74) is 0. The van der Waals surface area contributed by atoms with E-state index in [1.807, 2.05) is 0 Å². The van der Waals surface area contributed by atoms with Gasteiger partial charge >= 0.3 is 20.4 Å². The molecule has 0 radical (unpaired) electrons. The van der Waals surface area contributed by atoms with E-state index in [0.29, 0.717) is 0 Å². The molecule has 0 N–H and O–H groups in total. The third-order valence-electron chi connectivity index (χ3n) is 0.813. The standard InChI is InChI=1S/2C5H8O2.Pd/c2*1-4(6)3-5(2)7;/h2*3,6H,1-2H3;/q;;+2/p-2/b2*4-3+;. The fourth-order valence-corrected chi connectivity index (χ4v) is 0.572. The number of carbonyl (C=O) groups is 2. The molecule has 4 nitrogen and oxygen atoms in total. The zero-order valence-corrected chi connectivity index (χ0v) is 10.7. The minimum Gasteiger partial charge on any atom is -0.876 e. The van der Waals surface area contributed by atoms with Crippen molar-refractivity contribution < 1.29 is 40.2 Å². The van der Waals surface area contributed by atoms with Crippen LogP contribution in [0.3, 0.4) is 0 Å². The molecule has 0 aromatic carbocycles. The van der Waals surface area contributed by atoms with Crippen molar-refractivity contribution in [2.24, 2.45) is 0 Å². The second kappa shape index (κ2) is 11.2. The number of ketones is 2. The van der Waals surface area contributed by atoms with Crippen LogP contribution in [-0.4, -0.2) is 11.6 Å². The molecule has 0 aliphatic heterocycles. The summed E-state index contributed by atoms with van der Waals surface area (Å²) >= 11 is 0. The van der Waals surface area contributed by atoms with E-state index in [4.69, 9.17) is 0 Å². The van der Waals surface area contributed by atoms with Gasteiger partial charge in [-0.25, -0.2) is 0 Å². The Labute approximate surface area is 103 Å². The van der Waals surface area contributed by atoms with Crippen molar-refractivity contribution in [3.8, 4) is 0 Å². The Bertz CT molecular complexity index is 231. The molecule has 0 fully saturated rings. The molecule has 0 saturated heterocycles. The van der Waals surface area contributed by atoms with Gasteiger partial charge in [-0.05, 0) is 26.0 Å². The van der Waals surface area contributed by atoms with Crippen LogP contribution in [0, 0.1) is 0 Å². The van der Waals surface area contributed by atoms with E-state index in [9.17, 15) is 19.8 Å². The van der Waals surface area contributed by atoms with Gasteiger partial charge < -0.3 is 10.2 Å². The van der Waals surface area contributed by atoms with Gasteiger partial charge in [-0.2, -0.15) is 0 Å². The number of rotatable bonds is 2. The van der Waals surface area contributed by atoms with E-state index >= 15 is 0 Å². The van der Waals surface area contributed by atoms with E-state index in [1.165, 1.54) is 27.7 Å². The van der Waals surface area contributed by atoms with Crippen molar-refractivity contribution in [1.82, 2.24) is 0 Å². The molecule has 0 saturated carbocycles. The maximum Gasteiger partial charge on any atom is 2.00 e. The average molecular weight is 305 g/mol. The number of hydrogen-bond acceptors (Lipinski definition) is 4. The molecule has 0 unspecified atom stereocenters. The number of hydrogen-bond donors (Lipinski definition) is 0. The van der Waals surface area contributed by atoms with Crippen molar-refractivity contribution in [3.05, 3.63) is 23.7 Å². The Morgan fingerprint density at radius 2 is 1.00 bits per heavy atom. The first-order valence-corrected chi connectivity index (χ1v) is 3.97.